The molecule has 0 saturated heterocycles. The first-order valence-electron chi connectivity index (χ1n) is 7.09. The van der Waals surface area contributed by atoms with Crippen LogP contribution in [-0.4, -0.2) is 22.2 Å². The van der Waals surface area contributed by atoms with E-state index < -0.39 is 6.10 Å². The van der Waals surface area contributed by atoms with Gasteiger partial charge in [0.25, 0.3) is 0 Å². The van der Waals surface area contributed by atoms with Crippen LogP contribution in [0.2, 0.25) is 0 Å². The summed E-state index contributed by atoms with van der Waals surface area (Å²) in [6.07, 6.45) is 4.75. The minimum atomic E-state index is -0.538. The van der Waals surface area contributed by atoms with Gasteiger partial charge in [0.1, 0.15) is 10.7 Å². The summed E-state index contributed by atoms with van der Waals surface area (Å²) >= 11 is 5.07. The van der Waals surface area contributed by atoms with E-state index in [0.717, 1.165) is 11.6 Å². The molecule has 1 aromatic heterocycles. The van der Waals surface area contributed by atoms with Crippen LogP contribution < -0.4 is 5.32 Å². The second-order valence-electron chi connectivity index (χ2n) is 6.25. The van der Waals surface area contributed by atoms with E-state index in [9.17, 15) is 5.11 Å². The van der Waals surface area contributed by atoms with Gasteiger partial charge in [-0.3, -0.25) is 0 Å². The quantitative estimate of drug-likeness (QED) is 0.700. The second-order valence-corrected chi connectivity index (χ2v) is 6.69. The highest BCUT2D eigenvalue weighted by molar-refractivity contribution is 7.71. The molecule has 0 radical (unpaired) electrons. The molecule has 1 fully saturated rings. The number of hydrogen-bond donors (Lipinski definition) is 3. The SMILES string of the molecule is CC(C)(CC1CCC1)NCC(O)c1cccc(=S)[nH]1. The van der Waals surface area contributed by atoms with Gasteiger partial charge in [-0.1, -0.05) is 37.5 Å². The highest BCUT2D eigenvalue weighted by atomic mass is 32.1. The van der Waals surface area contributed by atoms with Gasteiger partial charge in [-0.15, -0.1) is 0 Å². The lowest BCUT2D eigenvalue weighted by Crippen LogP contribution is -2.44. The van der Waals surface area contributed by atoms with Crippen molar-refractivity contribution < 1.29 is 5.11 Å². The Morgan fingerprint density at radius 1 is 1.47 bits per heavy atom. The normalized spacial score (nSPS) is 18.1. The molecule has 0 bridgehead atoms. The number of H-pyrrole nitrogens is 1. The van der Waals surface area contributed by atoms with Crippen molar-refractivity contribution in [1.82, 2.24) is 10.3 Å². The molecule has 19 heavy (non-hydrogen) atoms. The van der Waals surface area contributed by atoms with Crippen LogP contribution in [0.4, 0.5) is 0 Å². The Bertz CT molecular complexity index is 465. The van der Waals surface area contributed by atoms with E-state index in [0.29, 0.717) is 11.2 Å². The Balaban J connectivity index is 1.85. The average molecular weight is 280 g/mol. The number of pyridine rings is 1. The van der Waals surface area contributed by atoms with Crippen molar-refractivity contribution in [1.29, 1.82) is 0 Å². The van der Waals surface area contributed by atoms with E-state index in [-0.39, 0.29) is 5.54 Å². The summed E-state index contributed by atoms with van der Waals surface area (Å²) in [6, 6.07) is 5.57. The van der Waals surface area contributed by atoms with Crippen molar-refractivity contribution in [3.05, 3.63) is 28.5 Å². The molecule has 0 amide bonds. The van der Waals surface area contributed by atoms with E-state index >= 15 is 0 Å². The van der Waals surface area contributed by atoms with Crippen LogP contribution in [0.3, 0.4) is 0 Å². The fourth-order valence-electron chi connectivity index (χ4n) is 2.63. The number of aromatic nitrogens is 1. The first kappa shape index (κ1) is 14.7. The summed E-state index contributed by atoms with van der Waals surface area (Å²) in [4.78, 5) is 3.03. The molecule has 4 heteroatoms. The molecule has 106 valence electrons. The zero-order valence-electron chi connectivity index (χ0n) is 11.8. The first-order valence-corrected chi connectivity index (χ1v) is 7.49. The second kappa shape index (κ2) is 6.16. The Morgan fingerprint density at radius 2 is 2.21 bits per heavy atom. The minimum Gasteiger partial charge on any atom is -0.386 e. The van der Waals surface area contributed by atoms with E-state index in [4.69, 9.17) is 12.2 Å². The minimum absolute atomic E-state index is 0.0810. The third-order valence-electron chi connectivity index (χ3n) is 3.95. The van der Waals surface area contributed by atoms with Gasteiger partial charge in [0, 0.05) is 17.8 Å². The summed E-state index contributed by atoms with van der Waals surface area (Å²) in [5.41, 5.74) is 0.858. The molecule has 0 aromatic carbocycles. The van der Waals surface area contributed by atoms with Crippen LogP contribution in [0.1, 0.15) is 51.3 Å². The van der Waals surface area contributed by atoms with E-state index in [1.165, 1.54) is 25.7 Å². The molecule has 1 aliphatic carbocycles. The van der Waals surface area contributed by atoms with E-state index in [1.807, 2.05) is 18.2 Å². The summed E-state index contributed by atoms with van der Waals surface area (Å²) in [6.45, 7) is 4.98. The lowest BCUT2D eigenvalue weighted by Gasteiger charge is -2.35. The van der Waals surface area contributed by atoms with Gasteiger partial charge in [-0.25, -0.2) is 0 Å². The molecule has 1 aliphatic rings. The monoisotopic (exact) mass is 280 g/mol. The Labute approximate surface area is 120 Å². The topological polar surface area (TPSA) is 48.0 Å². The van der Waals surface area contributed by atoms with Crippen molar-refractivity contribution in [3.8, 4) is 0 Å². The summed E-state index contributed by atoms with van der Waals surface area (Å²) < 4.78 is 0.658. The number of aliphatic hydroxyl groups excluding tert-OH is 1. The number of β-amino-alcohol motifs (C(OH)–C–C–N with tert-alkyl or cyclic N) is 1. The number of nitrogens with one attached hydrogen (secondary N) is 2. The first-order chi connectivity index (χ1) is 8.96. The van der Waals surface area contributed by atoms with Crippen LogP contribution in [0.25, 0.3) is 0 Å². The number of aliphatic hydroxyl groups is 1. The van der Waals surface area contributed by atoms with Crippen molar-refractivity contribution in [2.24, 2.45) is 5.92 Å². The van der Waals surface area contributed by atoms with E-state index in [1.54, 1.807) is 0 Å². The molecule has 2 rings (SSSR count). The maximum Gasteiger partial charge on any atom is 0.106 e. The lowest BCUT2D eigenvalue weighted by molar-refractivity contribution is 0.143. The predicted molar refractivity (Wildman–Crippen MR) is 80.6 cm³/mol. The largest absolute Gasteiger partial charge is 0.386 e. The van der Waals surface area contributed by atoms with Crippen LogP contribution >= 0.6 is 12.2 Å². The Kier molecular flexibility index (Phi) is 4.76. The van der Waals surface area contributed by atoms with Crippen LogP contribution in [0.5, 0.6) is 0 Å². The molecular weight excluding hydrogens is 256 g/mol. The maximum atomic E-state index is 10.2. The van der Waals surface area contributed by atoms with Gasteiger partial charge >= 0.3 is 0 Å². The van der Waals surface area contributed by atoms with Crippen LogP contribution in [-0.2, 0) is 0 Å². The summed E-state index contributed by atoms with van der Waals surface area (Å²) in [7, 11) is 0. The summed E-state index contributed by atoms with van der Waals surface area (Å²) in [5, 5.41) is 13.6. The van der Waals surface area contributed by atoms with Crippen LogP contribution in [0, 0.1) is 10.6 Å². The van der Waals surface area contributed by atoms with Gasteiger partial charge in [0.05, 0.1) is 0 Å². The van der Waals surface area contributed by atoms with Gasteiger partial charge in [0.2, 0.25) is 0 Å². The molecule has 1 atom stereocenters. The van der Waals surface area contributed by atoms with Crippen molar-refractivity contribution >= 4 is 12.2 Å². The fourth-order valence-corrected chi connectivity index (χ4v) is 2.83. The standard InChI is InChI=1S/C15H24N2OS/c1-15(2,9-11-5-3-6-11)16-10-13(18)12-7-4-8-14(19)17-12/h4,7-8,11,13,16,18H,3,5-6,9-10H2,1-2H3,(H,17,19). The van der Waals surface area contributed by atoms with Gasteiger partial charge < -0.3 is 15.4 Å². The third kappa shape index (κ3) is 4.41. The average Bonchev–Trinajstić information content (AvgIpc) is 2.31. The molecule has 1 saturated carbocycles. The highest BCUT2D eigenvalue weighted by Crippen LogP contribution is 2.33. The highest BCUT2D eigenvalue weighted by Gasteiger charge is 2.27. The molecular formula is C15H24N2OS. The molecule has 0 spiro atoms. The van der Waals surface area contributed by atoms with Gasteiger partial charge in [-0.05, 0) is 38.3 Å². The van der Waals surface area contributed by atoms with Crippen LogP contribution in [0.15, 0.2) is 18.2 Å². The van der Waals surface area contributed by atoms with E-state index in [2.05, 4.69) is 24.1 Å². The maximum absolute atomic E-state index is 10.2. The third-order valence-corrected chi connectivity index (χ3v) is 4.19. The molecule has 3 N–H and O–H groups in total. The molecule has 3 nitrogen and oxygen atoms in total. The van der Waals surface area contributed by atoms with Crippen molar-refractivity contribution in [2.45, 2.75) is 51.2 Å². The molecule has 1 aromatic rings. The number of hydrogen-bond acceptors (Lipinski definition) is 3. The Morgan fingerprint density at radius 3 is 2.79 bits per heavy atom. The van der Waals surface area contributed by atoms with Crippen molar-refractivity contribution in [3.63, 3.8) is 0 Å². The smallest absolute Gasteiger partial charge is 0.106 e. The Hall–Kier alpha value is -0.710. The zero-order chi connectivity index (χ0) is 13.9. The lowest BCUT2D eigenvalue weighted by atomic mass is 9.77. The predicted octanol–water partition coefficient (Wildman–Crippen LogP) is 3.34. The van der Waals surface area contributed by atoms with Gasteiger partial charge in [-0.2, -0.15) is 0 Å². The molecule has 0 aliphatic heterocycles. The van der Waals surface area contributed by atoms with Gasteiger partial charge in [0.15, 0.2) is 0 Å². The number of rotatable bonds is 6. The van der Waals surface area contributed by atoms with Crippen molar-refractivity contribution in [2.75, 3.05) is 6.54 Å². The fraction of sp³-hybridized carbons (Fsp3) is 0.667. The zero-order valence-corrected chi connectivity index (χ0v) is 12.6. The molecule has 1 unspecified atom stereocenters. The number of aromatic amines is 1. The summed E-state index contributed by atoms with van der Waals surface area (Å²) in [5.74, 6) is 0.863. The molecule has 1 heterocycles.